The highest BCUT2D eigenvalue weighted by atomic mass is 15.1. The maximum Gasteiger partial charge on any atom is 0.0484 e. The minimum absolute atomic E-state index is 1.22. The van der Waals surface area contributed by atoms with E-state index in [1.165, 1.54) is 48.2 Å². The summed E-state index contributed by atoms with van der Waals surface area (Å²) in [6, 6.07) is 8.74. The molecule has 1 aliphatic carbocycles. The molecule has 0 N–H and O–H groups in total. The van der Waals surface area contributed by atoms with Crippen molar-refractivity contribution in [3.05, 3.63) is 47.2 Å². The molecule has 0 bridgehead atoms. The average molecular weight is 225 g/mol. The summed E-state index contributed by atoms with van der Waals surface area (Å²) in [7, 11) is 2.20. The first-order valence-corrected chi connectivity index (χ1v) is 6.52. The van der Waals surface area contributed by atoms with Crippen LogP contribution >= 0.6 is 0 Å². The van der Waals surface area contributed by atoms with Gasteiger partial charge in [0.1, 0.15) is 0 Å². The molecule has 1 heterocycles. The minimum atomic E-state index is 1.22. The molecule has 17 heavy (non-hydrogen) atoms. The van der Waals surface area contributed by atoms with Crippen molar-refractivity contribution in [2.45, 2.75) is 32.6 Å². The molecule has 1 aliphatic heterocycles. The van der Waals surface area contributed by atoms with Gasteiger partial charge in [-0.25, -0.2) is 0 Å². The van der Waals surface area contributed by atoms with Crippen LogP contribution in [0.25, 0.3) is 5.57 Å². The molecule has 0 aromatic heterocycles. The van der Waals surface area contributed by atoms with Gasteiger partial charge in [-0.05, 0) is 49.8 Å². The lowest BCUT2D eigenvalue weighted by Gasteiger charge is -2.33. The van der Waals surface area contributed by atoms with Crippen molar-refractivity contribution >= 4 is 11.3 Å². The van der Waals surface area contributed by atoms with Crippen molar-refractivity contribution in [3.63, 3.8) is 0 Å². The van der Waals surface area contributed by atoms with Gasteiger partial charge in [-0.15, -0.1) is 0 Å². The zero-order chi connectivity index (χ0) is 11.8. The van der Waals surface area contributed by atoms with Crippen LogP contribution < -0.4 is 4.90 Å². The van der Waals surface area contributed by atoms with Crippen LogP contribution in [0.5, 0.6) is 0 Å². The third-order valence-corrected chi connectivity index (χ3v) is 4.01. The van der Waals surface area contributed by atoms with E-state index >= 15 is 0 Å². The van der Waals surface area contributed by atoms with Crippen LogP contribution in [0.4, 0.5) is 5.69 Å². The van der Waals surface area contributed by atoms with Crippen LogP contribution in [0.1, 0.15) is 38.2 Å². The Balaban J connectivity index is 2.23. The van der Waals surface area contributed by atoms with Crippen LogP contribution in [-0.4, -0.2) is 7.05 Å². The standard InChI is InChI=1S/C16H19N/c1-12-13-8-4-3-5-10-15(13)17(2)16-11-7-6-9-14(12)16/h6-7,9-11H,3-5,8H2,1-2H3. The number of para-hydroxylation sites is 1. The number of anilines is 1. The molecule has 0 saturated carbocycles. The van der Waals surface area contributed by atoms with Crippen LogP contribution in [-0.2, 0) is 0 Å². The molecule has 2 aliphatic rings. The van der Waals surface area contributed by atoms with E-state index < -0.39 is 0 Å². The van der Waals surface area contributed by atoms with Crippen molar-refractivity contribution in [3.8, 4) is 0 Å². The predicted octanol–water partition coefficient (Wildman–Crippen LogP) is 4.37. The largest absolute Gasteiger partial charge is 0.344 e. The Kier molecular flexibility index (Phi) is 2.54. The smallest absolute Gasteiger partial charge is 0.0484 e. The second-order valence-corrected chi connectivity index (χ2v) is 5.01. The SMILES string of the molecule is CC1=C2CCCCC=C2N(C)c2ccccc21. The molecule has 0 atom stereocenters. The summed E-state index contributed by atoms with van der Waals surface area (Å²) in [5.41, 5.74) is 7.24. The van der Waals surface area contributed by atoms with Crippen molar-refractivity contribution in [1.82, 2.24) is 0 Å². The van der Waals surface area contributed by atoms with E-state index in [-0.39, 0.29) is 0 Å². The van der Waals surface area contributed by atoms with Crippen LogP contribution in [0, 0.1) is 0 Å². The van der Waals surface area contributed by atoms with Gasteiger partial charge in [0.25, 0.3) is 0 Å². The molecule has 1 aromatic carbocycles. The lowest BCUT2D eigenvalue weighted by atomic mass is 9.90. The molecular weight excluding hydrogens is 206 g/mol. The third kappa shape index (κ3) is 1.61. The lowest BCUT2D eigenvalue weighted by Crippen LogP contribution is -2.23. The van der Waals surface area contributed by atoms with Gasteiger partial charge in [0.05, 0.1) is 0 Å². The van der Waals surface area contributed by atoms with E-state index in [4.69, 9.17) is 0 Å². The maximum atomic E-state index is 2.42. The highest BCUT2D eigenvalue weighted by Gasteiger charge is 2.24. The maximum absolute atomic E-state index is 2.42. The second-order valence-electron chi connectivity index (χ2n) is 5.01. The van der Waals surface area contributed by atoms with Gasteiger partial charge in [-0.2, -0.15) is 0 Å². The number of likely N-dealkylation sites (N-methyl/N-ethyl adjacent to an activating group) is 1. The number of hydrogen-bond acceptors (Lipinski definition) is 1. The highest BCUT2D eigenvalue weighted by molar-refractivity contribution is 5.86. The predicted molar refractivity (Wildman–Crippen MR) is 74.0 cm³/mol. The molecule has 0 spiro atoms. The molecule has 0 fully saturated rings. The first kappa shape index (κ1) is 10.6. The van der Waals surface area contributed by atoms with Gasteiger partial charge in [-0.1, -0.05) is 24.3 Å². The lowest BCUT2D eigenvalue weighted by molar-refractivity contribution is 0.764. The fraction of sp³-hybridized carbons (Fsp3) is 0.375. The molecule has 0 unspecified atom stereocenters. The Morgan fingerprint density at radius 1 is 1.12 bits per heavy atom. The summed E-state index contributed by atoms with van der Waals surface area (Å²) in [6.07, 6.45) is 7.52. The summed E-state index contributed by atoms with van der Waals surface area (Å²) in [4.78, 5) is 2.36. The number of hydrogen-bond donors (Lipinski definition) is 0. The van der Waals surface area contributed by atoms with Gasteiger partial charge in [-0.3, -0.25) is 0 Å². The van der Waals surface area contributed by atoms with Crippen molar-refractivity contribution in [1.29, 1.82) is 0 Å². The first-order chi connectivity index (χ1) is 8.29. The summed E-state index contributed by atoms with van der Waals surface area (Å²) in [5.74, 6) is 0. The van der Waals surface area contributed by atoms with Gasteiger partial charge in [0.2, 0.25) is 0 Å². The average Bonchev–Trinajstić information content (AvgIpc) is 2.62. The van der Waals surface area contributed by atoms with Gasteiger partial charge >= 0.3 is 0 Å². The molecule has 0 amide bonds. The zero-order valence-corrected chi connectivity index (χ0v) is 10.7. The van der Waals surface area contributed by atoms with Crippen molar-refractivity contribution < 1.29 is 0 Å². The number of allylic oxidation sites excluding steroid dienone is 3. The Hall–Kier alpha value is -1.50. The zero-order valence-electron chi connectivity index (χ0n) is 10.7. The molecule has 1 aromatic rings. The third-order valence-electron chi connectivity index (χ3n) is 4.01. The van der Waals surface area contributed by atoms with Gasteiger partial charge in [0.15, 0.2) is 0 Å². The van der Waals surface area contributed by atoms with E-state index in [1.807, 2.05) is 0 Å². The summed E-state index contributed by atoms with van der Waals surface area (Å²) in [6.45, 7) is 2.28. The number of fused-ring (bicyclic) bond motifs is 2. The second kappa shape index (κ2) is 4.06. The Morgan fingerprint density at radius 3 is 2.82 bits per heavy atom. The molecular formula is C16H19N. The molecule has 1 heteroatoms. The fourth-order valence-corrected chi connectivity index (χ4v) is 3.03. The summed E-state index contributed by atoms with van der Waals surface area (Å²) in [5, 5.41) is 0. The number of nitrogens with zero attached hydrogens (tertiary/aromatic N) is 1. The molecule has 0 radical (unpaired) electrons. The molecule has 88 valence electrons. The van der Waals surface area contributed by atoms with E-state index in [2.05, 4.69) is 49.2 Å². The number of rotatable bonds is 0. The van der Waals surface area contributed by atoms with Crippen LogP contribution in [0.3, 0.4) is 0 Å². The van der Waals surface area contributed by atoms with Crippen molar-refractivity contribution in [2.75, 3.05) is 11.9 Å². The number of benzene rings is 1. The summed E-state index contributed by atoms with van der Waals surface area (Å²) < 4.78 is 0. The topological polar surface area (TPSA) is 3.24 Å². The first-order valence-electron chi connectivity index (χ1n) is 6.52. The molecule has 1 nitrogen and oxygen atoms in total. The van der Waals surface area contributed by atoms with Crippen LogP contribution in [0.2, 0.25) is 0 Å². The van der Waals surface area contributed by atoms with Gasteiger partial charge < -0.3 is 4.90 Å². The Labute approximate surface area is 103 Å². The molecule has 3 rings (SSSR count). The van der Waals surface area contributed by atoms with E-state index in [1.54, 1.807) is 5.57 Å². The van der Waals surface area contributed by atoms with Crippen LogP contribution in [0.15, 0.2) is 41.6 Å². The normalized spacial score (nSPS) is 19.4. The Bertz CT molecular complexity index is 508. The highest BCUT2D eigenvalue weighted by Crippen LogP contribution is 2.41. The minimum Gasteiger partial charge on any atom is -0.344 e. The quantitative estimate of drug-likeness (QED) is 0.634. The van der Waals surface area contributed by atoms with E-state index in [9.17, 15) is 0 Å². The fourth-order valence-electron chi connectivity index (χ4n) is 3.03. The monoisotopic (exact) mass is 225 g/mol. The van der Waals surface area contributed by atoms with E-state index in [0.29, 0.717) is 0 Å². The Morgan fingerprint density at radius 2 is 1.94 bits per heavy atom. The van der Waals surface area contributed by atoms with Gasteiger partial charge in [0, 0.05) is 24.0 Å². The van der Waals surface area contributed by atoms with E-state index in [0.717, 1.165) is 0 Å². The summed E-state index contributed by atoms with van der Waals surface area (Å²) >= 11 is 0. The van der Waals surface area contributed by atoms with Crippen molar-refractivity contribution in [2.24, 2.45) is 0 Å². The molecule has 0 saturated heterocycles.